The SMILES string of the molecule is CCn1c(CCc2ccccc2NS(=O)(=O)c2cc(C)c(C)cc2C)nc2ccccc21. The summed E-state index contributed by atoms with van der Waals surface area (Å²) in [6, 6.07) is 19.4. The third kappa shape index (κ3) is 4.28. The van der Waals surface area contributed by atoms with Crippen molar-refractivity contribution in [3.05, 3.63) is 88.7 Å². The van der Waals surface area contributed by atoms with Crippen LogP contribution in [0.25, 0.3) is 11.0 Å². The van der Waals surface area contributed by atoms with E-state index in [4.69, 9.17) is 4.98 Å². The molecule has 4 aromatic rings. The fourth-order valence-electron chi connectivity index (χ4n) is 4.18. The third-order valence-corrected chi connectivity index (χ3v) is 7.52. The lowest BCUT2D eigenvalue weighted by Gasteiger charge is -2.15. The van der Waals surface area contributed by atoms with Crippen LogP contribution >= 0.6 is 0 Å². The van der Waals surface area contributed by atoms with Gasteiger partial charge in [-0.25, -0.2) is 13.4 Å². The van der Waals surface area contributed by atoms with E-state index in [0.717, 1.165) is 52.1 Å². The maximum atomic E-state index is 13.2. The molecular weight excluding hydrogens is 418 g/mol. The highest BCUT2D eigenvalue weighted by atomic mass is 32.2. The molecule has 0 radical (unpaired) electrons. The average molecular weight is 448 g/mol. The Labute approximate surface area is 190 Å². The Morgan fingerprint density at radius 1 is 0.875 bits per heavy atom. The van der Waals surface area contributed by atoms with Crippen LogP contribution < -0.4 is 4.72 Å². The van der Waals surface area contributed by atoms with E-state index in [0.29, 0.717) is 17.0 Å². The monoisotopic (exact) mass is 447 g/mol. The number of nitrogens with one attached hydrogen (secondary N) is 1. The first-order valence-electron chi connectivity index (χ1n) is 10.9. The number of fused-ring (bicyclic) bond motifs is 1. The van der Waals surface area contributed by atoms with Gasteiger partial charge in [0, 0.05) is 13.0 Å². The van der Waals surface area contributed by atoms with Crippen molar-refractivity contribution >= 4 is 26.7 Å². The summed E-state index contributed by atoms with van der Waals surface area (Å²) in [5, 5.41) is 0. The van der Waals surface area contributed by atoms with Crippen molar-refractivity contribution in [1.82, 2.24) is 9.55 Å². The van der Waals surface area contributed by atoms with Crippen LogP contribution in [0.15, 0.2) is 65.6 Å². The van der Waals surface area contributed by atoms with Crippen molar-refractivity contribution in [3.8, 4) is 0 Å². The van der Waals surface area contributed by atoms with E-state index in [1.807, 2.05) is 69.3 Å². The second kappa shape index (κ2) is 8.79. The lowest BCUT2D eigenvalue weighted by Crippen LogP contribution is -2.16. The Balaban J connectivity index is 1.61. The molecule has 0 aliphatic rings. The van der Waals surface area contributed by atoms with Crippen molar-refractivity contribution in [2.45, 2.75) is 52.0 Å². The second-order valence-corrected chi connectivity index (χ2v) is 9.88. The van der Waals surface area contributed by atoms with E-state index in [9.17, 15) is 8.42 Å². The molecule has 3 aromatic carbocycles. The second-order valence-electron chi connectivity index (χ2n) is 8.23. The maximum absolute atomic E-state index is 13.2. The van der Waals surface area contributed by atoms with Crippen molar-refractivity contribution in [2.75, 3.05) is 4.72 Å². The minimum atomic E-state index is -3.69. The molecule has 0 saturated carbocycles. The molecule has 5 nitrogen and oxygen atoms in total. The number of aromatic nitrogens is 2. The summed E-state index contributed by atoms with van der Waals surface area (Å²) in [4.78, 5) is 5.13. The van der Waals surface area contributed by atoms with E-state index in [1.54, 1.807) is 6.07 Å². The summed E-state index contributed by atoms with van der Waals surface area (Å²) in [6.07, 6.45) is 1.41. The first-order valence-corrected chi connectivity index (χ1v) is 12.4. The average Bonchev–Trinajstić information content (AvgIpc) is 3.12. The molecule has 1 N–H and O–H groups in total. The molecule has 6 heteroatoms. The number of aryl methyl sites for hydroxylation is 6. The molecule has 32 heavy (non-hydrogen) atoms. The molecule has 0 aliphatic carbocycles. The van der Waals surface area contributed by atoms with Crippen LogP contribution in [-0.4, -0.2) is 18.0 Å². The first kappa shape index (κ1) is 22.1. The molecule has 0 unspecified atom stereocenters. The first-order chi connectivity index (χ1) is 15.3. The topological polar surface area (TPSA) is 64.0 Å². The molecule has 0 bridgehead atoms. The van der Waals surface area contributed by atoms with Crippen LogP contribution in [0.4, 0.5) is 5.69 Å². The fraction of sp³-hybridized carbons (Fsp3) is 0.269. The molecule has 0 aliphatic heterocycles. The maximum Gasteiger partial charge on any atom is 0.262 e. The van der Waals surface area contributed by atoms with Gasteiger partial charge in [0.25, 0.3) is 10.0 Å². The predicted octanol–water partition coefficient (Wildman–Crippen LogP) is 5.57. The van der Waals surface area contributed by atoms with Crippen LogP contribution in [0.1, 0.15) is 35.0 Å². The summed E-state index contributed by atoms with van der Waals surface area (Å²) >= 11 is 0. The van der Waals surface area contributed by atoms with Crippen molar-refractivity contribution in [3.63, 3.8) is 0 Å². The molecular formula is C26H29N3O2S. The van der Waals surface area contributed by atoms with Gasteiger partial charge in [-0.05, 0) is 80.6 Å². The van der Waals surface area contributed by atoms with E-state index < -0.39 is 10.0 Å². The highest BCUT2D eigenvalue weighted by Crippen LogP contribution is 2.26. The smallest absolute Gasteiger partial charge is 0.262 e. The Morgan fingerprint density at radius 3 is 2.34 bits per heavy atom. The number of benzene rings is 3. The van der Waals surface area contributed by atoms with E-state index in [1.165, 1.54) is 0 Å². The standard InChI is InChI=1S/C26H29N3O2S/c1-5-29-24-13-9-8-12-23(24)27-26(29)15-14-21-10-6-7-11-22(21)28-32(30,31)25-17-19(3)18(2)16-20(25)4/h6-13,16-17,28H,5,14-15H2,1-4H3. The Morgan fingerprint density at radius 2 is 1.56 bits per heavy atom. The van der Waals surface area contributed by atoms with Gasteiger partial charge in [0.2, 0.25) is 0 Å². The van der Waals surface area contributed by atoms with Gasteiger partial charge in [0.05, 0.1) is 21.6 Å². The summed E-state index contributed by atoms with van der Waals surface area (Å²) in [5.74, 6) is 1.01. The summed E-state index contributed by atoms with van der Waals surface area (Å²) in [7, 11) is -3.69. The predicted molar refractivity (Wildman–Crippen MR) is 131 cm³/mol. The highest BCUT2D eigenvalue weighted by molar-refractivity contribution is 7.92. The quantitative estimate of drug-likeness (QED) is 0.403. The highest BCUT2D eigenvalue weighted by Gasteiger charge is 2.19. The van der Waals surface area contributed by atoms with Gasteiger partial charge in [-0.15, -0.1) is 0 Å². The van der Waals surface area contributed by atoms with E-state index >= 15 is 0 Å². The van der Waals surface area contributed by atoms with Gasteiger partial charge in [-0.2, -0.15) is 0 Å². The number of imidazole rings is 1. The molecule has 166 valence electrons. The lowest BCUT2D eigenvalue weighted by atomic mass is 10.1. The molecule has 1 heterocycles. The number of rotatable bonds is 7. The van der Waals surface area contributed by atoms with Gasteiger partial charge in [0.1, 0.15) is 5.82 Å². The van der Waals surface area contributed by atoms with Crippen molar-refractivity contribution in [1.29, 1.82) is 0 Å². The van der Waals surface area contributed by atoms with Crippen LogP contribution in [0.3, 0.4) is 0 Å². The van der Waals surface area contributed by atoms with Crippen LogP contribution in [0.2, 0.25) is 0 Å². The molecule has 0 fully saturated rings. The van der Waals surface area contributed by atoms with Crippen molar-refractivity contribution < 1.29 is 8.42 Å². The Kier molecular flexibility index (Phi) is 6.07. The van der Waals surface area contributed by atoms with E-state index in [-0.39, 0.29) is 0 Å². The Hall–Kier alpha value is -3.12. The van der Waals surface area contributed by atoms with Gasteiger partial charge < -0.3 is 4.57 Å². The normalized spacial score (nSPS) is 11.8. The minimum Gasteiger partial charge on any atom is -0.328 e. The number of para-hydroxylation sites is 3. The molecule has 0 atom stereocenters. The van der Waals surface area contributed by atoms with Crippen molar-refractivity contribution in [2.24, 2.45) is 0 Å². The van der Waals surface area contributed by atoms with Gasteiger partial charge in [0.15, 0.2) is 0 Å². The number of anilines is 1. The molecule has 0 amide bonds. The van der Waals surface area contributed by atoms with Crippen LogP contribution in [0.5, 0.6) is 0 Å². The largest absolute Gasteiger partial charge is 0.328 e. The molecule has 0 spiro atoms. The zero-order valence-electron chi connectivity index (χ0n) is 19.0. The number of sulfonamides is 1. The van der Waals surface area contributed by atoms with Gasteiger partial charge in [-0.3, -0.25) is 4.72 Å². The zero-order valence-corrected chi connectivity index (χ0v) is 19.8. The zero-order chi connectivity index (χ0) is 22.9. The van der Waals surface area contributed by atoms with Gasteiger partial charge >= 0.3 is 0 Å². The number of hydrogen-bond acceptors (Lipinski definition) is 3. The Bertz CT molecular complexity index is 1390. The van der Waals surface area contributed by atoms with E-state index in [2.05, 4.69) is 22.3 Å². The summed E-state index contributed by atoms with van der Waals surface area (Å²) < 4.78 is 31.5. The minimum absolute atomic E-state index is 0.322. The molecule has 1 aromatic heterocycles. The summed E-state index contributed by atoms with van der Waals surface area (Å²) in [6.45, 7) is 8.72. The van der Waals surface area contributed by atoms with Crippen LogP contribution in [0, 0.1) is 20.8 Å². The van der Waals surface area contributed by atoms with Crippen LogP contribution in [-0.2, 0) is 29.4 Å². The third-order valence-electron chi connectivity index (χ3n) is 6.01. The fourth-order valence-corrected chi connectivity index (χ4v) is 5.59. The molecule has 4 rings (SSSR count). The lowest BCUT2D eigenvalue weighted by molar-refractivity contribution is 0.600. The summed E-state index contributed by atoms with van der Waals surface area (Å²) in [5.41, 5.74) is 6.47. The number of nitrogens with zero attached hydrogens (tertiary/aromatic N) is 2. The van der Waals surface area contributed by atoms with Gasteiger partial charge in [-0.1, -0.05) is 36.4 Å². The molecule has 0 saturated heterocycles. The number of hydrogen-bond donors (Lipinski definition) is 1.